The predicted octanol–water partition coefficient (Wildman–Crippen LogP) is 3.32. The van der Waals surface area contributed by atoms with Gasteiger partial charge >= 0.3 is 0 Å². The standard InChI is InChI=1S/C17H25NO2/c1-13-5-3-4-6-16(13)18-17(19)12-9-14-7-10-15(20-2)11-8-14/h7-8,10-11,13,16H,3-6,9,12H2,1-2H3,(H,18,19)/t13-,16+/m0/s1. The Hall–Kier alpha value is -1.51. The first-order valence-corrected chi connectivity index (χ1v) is 7.61. The topological polar surface area (TPSA) is 38.3 Å². The minimum atomic E-state index is 0.180. The molecule has 0 saturated heterocycles. The monoisotopic (exact) mass is 275 g/mol. The van der Waals surface area contributed by atoms with Crippen molar-refractivity contribution in [3.8, 4) is 5.75 Å². The van der Waals surface area contributed by atoms with Crippen LogP contribution in [0.4, 0.5) is 0 Å². The summed E-state index contributed by atoms with van der Waals surface area (Å²) in [7, 11) is 1.66. The molecule has 1 aromatic carbocycles. The Bertz CT molecular complexity index is 427. The molecule has 2 rings (SSSR count). The van der Waals surface area contributed by atoms with Crippen molar-refractivity contribution in [1.29, 1.82) is 0 Å². The van der Waals surface area contributed by atoms with E-state index in [9.17, 15) is 4.79 Å². The molecule has 0 heterocycles. The molecule has 0 aliphatic heterocycles. The van der Waals surface area contributed by atoms with Gasteiger partial charge < -0.3 is 10.1 Å². The number of rotatable bonds is 5. The molecule has 1 N–H and O–H groups in total. The fourth-order valence-electron chi connectivity index (χ4n) is 2.86. The molecule has 0 bridgehead atoms. The van der Waals surface area contributed by atoms with Crippen LogP contribution in [0.5, 0.6) is 5.75 Å². The van der Waals surface area contributed by atoms with Gasteiger partial charge in [0.1, 0.15) is 5.75 Å². The molecule has 1 aliphatic carbocycles. The Morgan fingerprint density at radius 2 is 1.95 bits per heavy atom. The van der Waals surface area contributed by atoms with Crippen LogP contribution in [0.1, 0.15) is 44.6 Å². The fourth-order valence-corrected chi connectivity index (χ4v) is 2.86. The maximum absolute atomic E-state index is 12.0. The van der Waals surface area contributed by atoms with Gasteiger partial charge in [-0.05, 0) is 42.9 Å². The molecular formula is C17H25NO2. The van der Waals surface area contributed by atoms with E-state index in [2.05, 4.69) is 12.2 Å². The third-order valence-electron chi connectivity index (χ3n) is 4.26. The number of hydrogen-bond acceptors (Lipinski definition) is 2. The smallest absolute Gasteiger partial charge is 0.220 e. The molecule has 3 heteroatoms. The lowest BCUT2D eigenvalue weighted by Gasteiger charge is -2.29. The highest BCUT2D eigenvalue weighted by molar-refractivity contribution is 5.76. The molecule has 110 valence electrons. The number of ether oxygens (including phenoxy) is 1. The van der Waals surface area contributed by atoms with Crippen LogP contribution in [-0.4, -0.2) is 19.1 Å². The van der Waals surface area contributed by atoms with Gasteiger partial charge in [-0.15, -0.1) is 0 Å². The van der Waals surface area contributed by atoms with E-state index in [0.29, 0.717) is 18.4 Å². The molecular weight excluding hydrogens is 250 g/mol. The van der Waals surface area contributed by atoms with Crippen molar-refractivity contribution in [2.45, 2.75) is 51.5 Å². The molecule has 0 radical (unpaired) electrons. The summed E-state index contributed by atoms with van der Waals surface area (Å²) in [5, 5.41) is 3.20. The van der Waals surface area contributed by atoms with Crippen molar-refractivity contribution in [2.24, 2.45) is 5.92 Å². The van der Waals surface area contributed by atoms with Gasteiger partial charge in [-0.1, -0.05) is 31.9 Å². The summed E-state index contributed by atoms with van der Waals surface area (Å²) in [6.45, 7) is 2.24. The van der Waals surface area contributed by atoms with Crippen molar-refractivity contribution >= 4 is 5.91 Å². The van der Waals surface area contributed by atoms with Gasteiger partial charge in [-0.25, -0.2) is 0 Å². The molecule has 1 amide bonds. The van der Waals surface area contributed by atoms with Gasteiger partial charge in [-0.2, -0.15) is 0 Å². The number of methoxy groups -OCH3 is 1. The molecule has 1 saturated carbocycles. The molecule has 0 spiro atoms. The van der Waals surface area contributed by atoms with E-state index in [1.165, 1.54) is 24.8 Å². The van der Waals surface area contributed by atoms with E-state index in [1.807, 2.05) is 24.3 Å². The summed E-state index contributed by atoms with van der Waals surface area (Å²) in [5.74, 6) is 1.66. The van der Waals surface area contributed by atoms with Gasteiger partial charge in [0.2, 0.25) is 5.91 Å². The summed E-state index contributed by atoms with van der Waals surface area (Å²) in [6, 6.07) is 8.31. The average molecular weight is 275 g/mol. The number of carbonyl (C=O) groups is 1. The van der Waals surface area contributed by atoms with E-state index in [4.69, 9.17) is 4.74 Å². The number of benzene rings is 1. The number of amides is 1. The Balaban J connectivity index is 1.76. The van der Waals surface area contributed by atoms with Crippen molar-refractivity contribution in [1.82, 2.24) is 5.32 Å². The van der Waals surface area contributed by atoms with E-state index in [0.717, 1.165) is 18.6 Å². The first kappa shape index (κ1) is 14.9. The van der Waals surface area contributed by atoms with Crippen LogP contribution in [0, 0.1) is 5.92 Å². The molecule has 3 nitrogen and oxygen atoms in total. The van der Waals surface area contributed by atoms with Crippen LogP contribution >= 0.6 is 0 Å². The molecule has 0 unspecified atom stereocenters. The second-order valence-corrected chi connectivity index (χ2v) is 5.78. The molecule has 2 atom stereocenters. The Morgan fingerprint density at radius 1 is 1.25 bits per heavy atom. The molecule has 20 heavy (non-hydrogen) atoms. The predicted molar refractivity (Wildman–Crippen MR) is 80.9 cm³/mol. The van der Waals surface area contributed by atoms with Gasteiger partial charge in [0, 0.05) is 12.5 Å². The van der Waals surface area contributed by atoms with Crippen LogP contribution in [0.2, 0.25) is 0 Å². The van der Waals surface area contributed by atoms with Crippen LogP contribution in [0.3, 0.4) is 0 Å². The summed E-state index contributed by atoms with van der Waals surface area (Å²) >= 11 is 0. The number of hydrogen-bond donors (Lipinski definition) is 1. The largest absolute Gasteiger partial charge is 0.497 e. The van der Waals surface area contributed by atoms with Crippen LogP contribution in [-0.2, 0) is 11.2 Å². The average Bonchev–Trinajstić information content (AvgIpc) is 2.48. The maximum atomic E-state index is 12.0. The minimum absolute atomic E-state index is 0.180. The zero-order valence-corrected chi connectivity index (χ0v) is 12.5. The number of carbonyl (C=O) groups excluding carboxylic acids is 1. The summed E-state index contributed by atoms with van der Waals surface area (Å²) in [5.41, 5.74) is 1.18. The Labute approximate surface area is 121 Å². The second kappa shape index (κ2) is 7.32. The Kier molecular flexibility index (Phi) is 5.45. The SMILES string of the molecule is COc1ccc(CCC(=O)N[C@@H]2CCCC[C@@H]2C)cc1. The zero-order valence-electron chi connectivity index (χ0n) is 12.5. The van der Waals surface area contributed by atoms with Gasteiger partial charge in [-0.3, -0.25) is 4.79 Å². The fraction of sp³-hybridized carbons (Fsp3) is 0.588. The van der Waals surface area contributed by atoms with Gasteiger partial charge in [0.05, 0.1) is 7.11 Å². The molecule has 1 aliphatic rings. The molecule has 0 aromatic heterocycles. The third-order valence-corrected chi connectivity index (χ3v) is 4.26. The number of nitrogens with one attached hydrogen (secondary N) is 1. The normalized spacial score (nSPS) is 22.3. The lowest BCUT2D eigenvalue weighted by molar-refractivity contribution is -0.122. The highest BCUT2D eigenvalue weighted by Crippen LogP contribution is 2.23. The maximum Gasteiger partial charge on any atom is 0.220 e. The highest BCUT2D eigenvalue weighted by atomic mass is 16.5. The van der Waals surface area contributed by atoms with Gasteiger partial charge in [0.15, 0.2) is 0 Å². The van der Waals surface area contributed by atoms with E-state index < -0.39 is 0 Å². The molecule has 1 aromatic rings. The number of aryl methyl sites for hydroxylation is 1. The first-order chi connectivity index (χ1) is 9.69. The van der Waals surface area contributed by atoms with Crippen molar-refractivity contribution in [3.63, 3.8) is 0 Å². The second-order valence-electron chi connectivity index (χ2n) is 5.78. The van der Waals surface area contributed by atoms with E-state index >= 15 is 0 Å². The zero-order chi connectivity index (χ0) is 14.4. The summed E-state index contributed by atoms with van der Waals surface area (Å²) in [4.78, 5) is 12.0. The van der Waals surface area contributed by atoms with Crippen molar-refractivity contribution in [2.75, 3.05) is 7.11 Å². The van der Waals surface area contributed by atoms with E-state index in [-0.39, 0.29) is 5.91 Å². The lowest BCUT2D eigenvalue weighted by Crippen LogP contribution is -2.41. The molecule has 1 fully saturated rings. The first-order valence-electron chi connectivity index (χ1n) is 7.61. The quantitative estimate of drug-likeness (QED) is 0.895. The van der Waals surface area contributed by atoms with Gasteiger partial charge in [0.25, 0.3) is 0 Å². The van der Waals surface area contributed by atoms with Crippen LogP contribution in [0.15, 0.2) is 24.3 Å². The minimum Gasteiger partial charge on any atom is -0.497 e. The van der Waals surface area contributed by atoms with Crippen LogP contribution < -0.4 is 10.1 Å². The summed E-state index contributed by atoms with van der Waals surface area (Å²) < 4.78 is 5.13. The highest BCUT2D eigenvalue weighted by Gasteiger charge is 2.22. The Morgan fingerprint density at radius 3 is 2.60 bits per heavy atom. The van der Waals surface area contributed by atoms with E-state index in [1.54, 1.807) is 7.11 Å². The lowest BCUT2D eigenvalue weighted by atomic mass is 9.86. The third kappa shape index (κ3) is 4.26. The van der Waals surface area contributed by atoms with Crippen LogP contribution in [0.25, 0.3) is 0 Å². The van der Waals surface area contributed by atoms with Crippen molar-refractivity contribution < 1.29 is 9.53 Å². The van der Waals surface area contributed by atoms with Crippen molar-refractivity contribution in [3.05, 3.63) is 29.8 Å². The summed E-state index contributed by atoms with van der Waals surface area (Å²) in [6.07, 6.45) is 6.28.